The lowest BCUT2D eigenvalue weighted by Crippen LogP contribution is -2.47. The third kappa shape index (κ3) is 2.51. The van der Waals surface area contributed by atoms with E-state index < -0.39 is 5.54 Å². The van der Waals surface area contributed by atoms with Gasteiger partial charge in [0.25, 0.3) is 0 Å². The van der Waals surface area contributed by atoms with Gasteiger partial charge in [-0.05, 0) is 24.3 Å². The SMILES string of the molecule is C=CC1=CCC[C@@]2(C1)N=C(OC)[C@@H](C(C)C)N=C2OC. The van der Waals surface area contributed by atoms with E-state index in [2.05, 4.69) is 26.5 Å². The number of rotatable bonds is 2. The van der Waals surface area contributed by atoms with Gasteiger partial charge < -0.3 is 9.47 Å². The van der Waals surface area contributed by atoms with Crippen LogP contribution in [0.4, 0.5) is 0 Å². The molecule has 1 spiro atoms. The van der Waals surface area contributed by atoms with Gasteiger partial charge in [-0.2, -0.15) is 0 Å². The van der Waals surface area contributed by atoms with E-state index in [-0.39, 0.29) is 6.04 Å². The van der Waals surface area contributed by atoms with Gasteiger partial charge in [0.15, 0.2) is 0 Å². The number of ether oxygens (including phenoxy) is 2. The van der Waals surface area contributed by atoms with E-state index >= 15 is 0 Å². The molecule has 2 aliphatic rings. The molecule has 0 aromatic rings. The Labute approximate surface area is 121 Å². The molecule has 1 heterocycles. The van der Waals surface area contributed by atoms with E-state index in [1.165, 1.54) is 5.57 Å². The standard InChI is InChI=1S/C16H24N2O2/c1-6-12-8-7-9-16(10-12)15(20-5)17-13(11(2)3)14(18-16)19-4/h6,8,11,13H,1,7,9-10H2,2-5H3/t13-,16+/m1/s1. The molecule has 4 nitrogen and oxygen atoms in total. The third-order valence-electron chi connectivity index (χ3n) is 3.99. The van der Waals surface area contributed by atoms with E-state index in [4.69, 9.17) is 19.5 Å². The second-order valence-corrected chi connectivity index (χ2v) is 5.71. The quantitative estimate of drug-likeness (QED) is 0.777. The van der Waals surface area contributed by atoms with Crippen LogP contribution < -0.4 is 0 Å². The summed E-state index contributed by atoms with van der Waals surface area (Å²) in [5, 5.41) is 0. The summed E-state index contributed by atoms with van der Waals surface area (Å²) < 4.78 is 11.1. The molecule has 0 saturated heterocycles. The van der Waals surface area contributed by atoms with Gasteiger partial charge in [0.1, 0.15) is 11.6 Å². The molecule has 2 atom stereocenters. The highest BCUT2D eigenvalue weighted by molar-refractivity contribution is 5.97. The van der Waals surface area contributed by atoms with E-state index in [0.29, 0.717) is 11.8 Å². The topological polar surface area (TPSA) is 43.2 Å². The van der Waals surface area contributed by atoms with E-state index in [9.17, 15) is 0 Å². The molecule has 20 heavy (non-hydrogen) atoms. The summed E-state index contributed by atoms with van der Waals surface area (Å²) in [6, 6.07) is -0.0568. The van der Waals surface area contributed by atoms with Crippen LogP contribution in [0.3, 0.4) is 0 Å². The Kier molecular flexibility index (Phi) is 4.31. The van der Waals surface area contributed by atoms with Crippen molar-refractivity contribution < 1.29 is 9.47 Å². The minimum absolute atomic E-state index is 0.0568. The molecule has 0 aromatic carbocycles. The summed E-state index contributed by atoms with van der Waals surface area (Å²) in [6.07, 6.45) is 6.74. The maximum absolute atomic E-state index is 5.58. The Hall–Kier alpha value is -1.58. The highest BCUT2D eigenvalue weighted by Gasteiger charge is 2.44. The zero-order valence-corrected chi connectivity index (χ0v) is 12.8. The zero-order valence-electron chi connectivity index (χ0n) is 12.8. The van der Waals surface area contributed by atoms with Crippen molar-refractivity contribution in [3.63, 3.8) is 0 Å². The average molecular weight is 276 g/mol. The molecule has 1 aliphatic heterocycles. The van der Waals surface area contributed by atoms with Gasteiger partial charge in [0.2, 0.25) is 11.8 Å². The Bertz CT molecular complexity index is 477. The van der Waals surface area contributed by atoms with Crippen LogP contribution in [0.1, 0.15) is 33.1 Å². The van der Waals surface area contributed by atoms with Crippen molar-refractivity contribution in [2.75, 3.05) is 14.2 Å². The lowest BCUT2D eigenvalue weighted by molar-refractivity contribution is 0.294. The van der Waals surface area contributed by atoms with Crippen molar-refractivity contribution in [1.82, 2.24) is 0 Å². The van der Waals surface area contributed by atoms with Crippen molar-refractivity contribution in [2.24, 2.45) is 15.9 Å². The summed E-state index contributed by atoms with van der Waals surface area (Å²) in [4.78, 5) is 9.67. The van der Waals surface area contributed by atoms with E-state index in [1.807, 2.05) is 6.08 Å². The maximum Gasteiger partial charge on any atom is 0.213 e. The van der Waals surface area contributed by atoms with Gasteiger partial charge in [-0.15, -0.1) is 0 Å². The van der Waals surface area contributed by atoms with Gasteiger partial charge >= 0.3 is 0 Å². The molecule has 1 aliphatic carbocycles. The molecule has 110 valence electrons. The normalized spacial score (nSPS) is 29.6. The van der Waals surface area contributed by atoms with E-state index in [1.54, 1.807) is 14.2 Å². The first kappa shape index (κ1) is 14.8. The zero-order chi connectivity index (χ0) is 14.8. The molecule has 2 rings (SSSR count). The number of aliphatic imine (C=N–C) groups is 2. The Morgan fingerprint density at radius 1 is 1.40 bits per heavy atom. The van der Waals surface area contributed by atoms with Crippen molar-refractivity contribution in [3.05, 3.63) is 24.3 Å². The first-order chi connectivity index (χ1) is 9.56. The third-order valence-corrected chi connectivity index (χ3v) is 3.99. The summed E-state index contributed by atoms with van der Waals surface area (Å²) in [6.45, 7) is 8.10. The molecular weight excluding hydrogens is 252 g/mol. The first-order valence-electron chi connectivity index (χ1n) is 7.13. The molecule has 0 unspecified atom stereocenters. The van der Waals surface area contributed by atoms with E-state index in [0.717, 1.165) is 25.2 Å². The molecule has 0 N–H and O–H groups in total. The molecule has 0 bridgehead atoms. The first-order valence-corrected chi connectivity index (χ1v) is 7.13. The second kappa shape index (κ2) is 5.81. The van der Waals surface area contributed by atoms with Crippen LogP contribution in [0.5, 0.6) is 0 Å². The second-order valence-electron chi connectivity index (χ2n) is 5.71. The molecular formula is C16H24N2O2. The summed E-state index contributed by atoms with van der Waals surface area (Å²) >= 11 is 0. The minimum atomic E-state index is -0.413. The van der Waals surface area contributed by atoms with Gasteiger partial charge in [-0.25, -0.2) is 9.98 Å². The lowest BCUT2D eigenvalue weighted by atomic mass is 9.80. The largest absolute Gasteiger partial charge is 0.483 e. The lowest BCUT2D eigenvalue weighted by Gasteiger charge is -2.38. The van der Waals surface area contributed by atoms with Gasteiger partial charge in [-0.3, -0.25) is 0 Å². The fourth-order valence-corrected chi connectivity index (χ4v) is 2.90. The number of nitrogens with zero attached hydrogens (tertiary/aromatic N) is 2. The van der Waals surface area contributed by atoms with Crippen LogP contribution in [0.2, 0.25) is 0 Å². The van der Waals surface area contributed by atoms with Gasteiger partial charge in [0, 0.05) is 6.42 Å². The van der Waals surface area contributed by atoms with Crippen LogP contribution in [-0.4, -0.2) is 37.6 Å². The minimum Gasteiger partial charge on any atom is -0.483 e. The molecule has 0 aromatic heterocycles. The highest BCUT2D eigenvalue weighted by Crippen LogP contribution is 2.37. The number of allylic oxidation sites excluding steroid dienone is 2. The van der Waals surface area contributed by atoms with Crippen LogP contribution in [0.15, 0.2) is 34.3 Å². The van der Waals surface area contributed by atoms with Crippen molar-refractivity contribution in [1.29, 1.82) is 0 Å². The fraction of sp³-hybridized carbons (Fsp3) is 0.625. The van der Waals surface area contributed by atoms with Crippen molar-refractivity contribution in [3.8, 4) is 0 Å². The summed E-state index contributed by atoms with van der Waals surface area (Å²) in [5.41, 5.74) is 0.784. The molecule has 0 radical (unpaired) electrons. The molecule has 0 fully saturated rings. The monoisotopic (exact) mass is 276 g/mol. The number of hydrogen-bond acceptors (Lipinski definition) is 4. The van der Waals surface area contributed by atoms with Crippen LogP contribution in [-0.2, 0) is 9.47 Å². The summed E-state index contributed by atoms with van der Waals surface area (Å²) in [5.74, 6) is 1.77. The smallest absolute Gasteiger partial charge is 0.213 e. The molecule has 0 saturated carbocycles. The predicted molar refractivity (Wildman–Crippen MR) is 82.4 cm³/mol. The van der Waals surface area contributed by atoms with Crippen molar-refractivity contribution in [2.45, 2.75) is 44.7 Å². The maximum atomic E-state index is 5.58. The molecule has 4 heteroatoms. The Morgan fingerprint density at radius 2 is 2.15 bits per heavy atom. The van der Waals surface area contributed by atoms with Gasteiger partial charge in [0.05, 0.1) is 14.2 Å². The van der Waals surface area contributed by atoms with Gasteiger partial charge in [-0.1, -0.05) is 32.6 Å². The van der Waals surface area contributed by atoms with Crippen molar-refractivity contribution >= 4 is 11.8 Å². The summed E-state index contributed by atoms with van der Waals surface area (Å²) in [7, 11) is 3.35. The predicted octanol–water partition coefficient (Wildman–Crippen LogP) is 3.15. The molecule has 0 amide bonds. The Morgan fingerprint density at radius 3 is 2.70 bits per heavy atom. The Balaban J connectivity index is 2.42. The van der Waals surface area contributed by atoms with Crippen LogP contribution >= 0.6 is 0 Å². The average Bonchev–Trinajstić information content (AvgIpc) is 2.46. The number of hydrogen-bond donors (Lipinski definition) is 0. The van der Waals surface area contributed by atoms with Crippen LogP contribution in [0, 0.1) is 5.92 Å². The number of methoxy groups -OCH3 is 2. The highest BCUT2D eigenvalue weighted by atomic mass is 16.5. The van der Waals surface area contributed by atoms with Crippen LogP contribution in [0.25, 0.3) is 0 Å². The fourth-order valence-electron chi connectivity index (χ4n) is 2.90.